The minimum Gasteiger partial charge on any atom is -0.478 e. The van der Waals surface area contributed by atoms with Crippen molar-refractivity contribution in [1.82, 2.24) is 9.97 Å². The van der Waals surface area contributed by atoms with Gasteiger partial charge < -0.3 is 29.9 Å². The Morgan fingerprint density at radius 3 is 0.984 bits per heavy atom. The van der Waals surface area contributed by atoms with Gasteiger partial charge >= 0.3 is 23.9 Å². The number of carboxylic acid groups (broad SMARTS) is 4. The molecule has 20 heteroatoms. The SMILES string of the molecule is COCc1cc(-c2c(F)c(F)c(C(=O)O)c(F)c2F)c(COC)cc1-c1c(F)c(F)c(C(=O)O)c(F)c1F.Cc1nc(-c2ccc(C(=O)O)cc2)c(C)nc1-c1ccc(C(=O)O)cc1. The largest absolute Gasteiger partial charge is 0.478 e. The van der Waals surface area contributed by atoms with Crippen LogP contribution in [0.2, 0.25) is 0 Å². The fraction of sp³-hybridized carbons (Fsp3) is 0.136. The molecule has 64 heavy (non-hydrogen) atoms. The minimum atomic E-state index is -2.31. The smallest absolute Gasteiger partial charge is 0.341 e. The van der Waals surface area contributed by atoms with E-state index in [1.807, 2.05) is 13.8 Å². The van der Waals surface area contributed by atoms with Gasteiger partial charge in [-0.15, -0.1) is 0 Å². The average Bonchev–Trinajstić information content (AvgIpc) is 3.24. The van der Waals surface area contributed by atoms with Gasteiger partial charge in [0.15, 0.2) is 46.5 Å². The third-order valence-electron chi connectivity index (χ3n) is 9.48. The molecule has 0 saturated carbocycles. The Hall–Kier alpha value is -7.58. The molecule has 0 spiro atoms. The summed E-state index contributed by atoms with van der Waals surface area (Å²) in [7, 11) is 2.10. The normalized spacial score (nSPS) is 10.9. The van der Waals surface area contributed by atoms with E-state index in [9.17, 15) is 54.3 Å². The Morgan fingerprint density at radius 2 is 0.750 bits per heavy atom. The first kappa shape index (κ1) is 47.5. The topological polar surface area (TPSA) is 193 Å². The van der Waals surface area contributed by atoms with Crippen molar-refractivity contribution in [2.24, 2.45) is 0 Å². The summed E-state index contributed by atoms with van der Waals surface area (Å²) >= 11 is 0. The molecule has 0 aliphatic heterocycles. The molecule has 4 N–H and O–H groups in total. The number of aromatic nitrogens is 2. The molecule has 0 saturated heterocycles. The fourth-order valence-corrected chi connectivity index (χ4v) is 6.51. The lowest BCUT2D eigenvalue weighted by atomic mass is 9.89. The van der Waals surface area contributed by atoms with Gasteiger partial charge in [0.25, 0.3) is 0 Å². The maximum Gasteiger partial charge on any atom is 0.341 e. The molecule has 12 nitrogen and oxygen atoms in total. The highest BCUT2D eigenvalue weighted by molar-refractivity contribution is 5.92. The lowest BCUT2D eigenvalue weighted by molar-refractivity contribution is 0.0672. The zero-order chi connectivity index (χ0) is 47.5. The molecule has 1 heterocycles. The van der Waals surface area contributed by atoms with Crippen molar-refractivity contribution >= 4 is 23.9 Å². The quantitative estimate of drug-likeness (QED) is 0.0672. The van der Waals surface area contributed by atoms with Gasteiger partial charge in [0.05, 0.1) is 58.2 Å². The summed E-state index contributed by atoms with van der Waals surface area (Å²) in [5.74, 6) is -24.1. The number of benzene rings is 5. The number of hydrogen-bond acceptors (Lipinski definition) is 8. The lowest BCUT2D eigenvalue weighted by Crippen LogP contribution is -2.13. The Balaban J connectivity index is 0.000000258. The second-order valence-electron chi connectivity index (χ2n) is 13.5. The molecule has 0 unspecified atom stereocenters. The van der Waals surface area contributed by atoms with Crippen molar-refractivity contribution in [3.05, 3.63) is 152 Å². The molecule has 332 valence electrons. The van der Waals surface area contributed by atoms with Crippen molar-refractivity contribution in [1.29, 1.82) is 0 Å². The first-order valence-corrected chi connectivity index (χ1v) is 18.0. The molecule has 0 amide bonds. The molecular formula is C44H30F8N2O10. The van der Waals surface area contributed by atoms with Crippen LogP contribution in [-0.4, -0.2) is 68.5 Å². The van der Waals surface area contributed by atoms with Crippen molar-refractivity contribution in [2.45, 2.75) is 27.1 Å². The van der Waals surface area contributed by atoms with Crippen molar-refractivity contribution in [3.8, 4) is 44.8 Å². The minimum absolute atomic E-state index is 0.214. The van der Waals surface area contributed by atoms with Crippen LogP contribution in [0.3, 0.4) is 0 Å². The van der Waals surface area contributed by atoms with Crippen LogP contribution in [0.4, 0.5) is 35.1 Å². The van der Waals surface area contributed by atoms with Crippen molar-refractivity contribution in [3.63, 3.8) is 0 Å². The van der Waals surface area contributed by atoms with E-state index in [-0.39, 0.29) is 11.1 Å². The number of halogens is 8. The third-order valence-corrected chi connectivity index (χ3v) is 9.48. The van der Waals surface area contributed by atoms with E-state index in [1.54, 1.807) is 24.3 Å². The van der Waals surface area contributed by atoms with Crippen LogP contribution in [-0.2, 0) is 22.7 Å². The number of rotatable bonds is 12. The summed E-state index contributed by atoms with van der Waals surface area (Å²) in [6.45, 7) is 2.36. The predicted octanol–water partition coefficient (Wildman–Crippen LogP) is 9.65. The number of hydrogen-bond donors (Lipinski definition) is 4. The number of ether oxygens (including phenoxy) is 2. The summed E-state index contributed by atoms with van der Waals surface area (Å²) in [5.41, 5.74) is -4.10. The molecule has 5 aromatic carbocycles. The van der Waals surface area contributed by atoms with E-state index in [0.29, 0.717) is 22.8 Å². The third kappa shape index (κ3) is 9.13. The number of aromatic carboxylic acids is 4. The first-order valence-electron chi connectivity index (χ1n) is 18.0. The molecule has 0 aliphatic carbocycles. The van der Waals surface area contributed by atoms with Gasteiger partial charge in [-0.2, -0.15) is 0 Å². The maximum absolute atomic E-state index is 14.9. The van der Waals surface area contributed by atoms with Crippen LogP contribution in [0, 0.1) is 60.4 Å². The van der Waals surface area contributed by atoms with Gasteiger partial charge in [-0.05, 0) is 72.5 Å². The van der Waals surface area contributed by atoms with Crippen molar-refractivity contribution in [2.75, 3.05) is 14.2 Å². The molecule has 0 aliphatic rings. The van der Waals surface area contributed by atoms with Gasteiger partial charge in [-0.25, -0.2) is 64.3 Å². The number of aryl methyl sites for hydroxylation is 2. The monoisotopic (exact) mass is 898 g/mol. The summed E-state index contributed by atoms with van der Waals surface area (Å²) in [6.07, 6.45) is 0. The summed E-state index contributed by atoms with van der Waals surface area (Å²) < 4.78 is 127. The van der Waals surface area contributed by atoms with Crippen LogP contribution < -0.4 is 0 Å². The van der Waals surface area contributed by atoms with Crippen molar-refractivity contribution < 1.29 is 84.2 Å². The predicted molar refractivity (Wildman–Crippen MR) is 209 cm³/mol. The highest BCUT2D eigenvalue weighted by Crippen LogP contribution is 2.41. The average molecular weight is 899 g/mol. The summed E-state index contributed by atoms with van der Waals surface area (Å²) in [5, 5.41) is 35.8. The van der Waals surface area contributed by atoms with E-state index in [0.717, 1.165) is 37.5 Å². The molecular weight excluding hydrogens is 868 g/mol. The van der Waals surface area contributed by atoms with Gasteiger partial charge in [0, 0.05) is 25.3 Å². The Bertz CT molecular complexity index is 2620. The van der Waals surface area contributed by atoms with Crippen LogP contribution in [0.25, 0.3) is 44.8 Å². The number of carboxylic acids is 4. The summed E-state index contributed by atoms with van der Waals surface area (Å²) in [4.78, 5) is 53.3. The fourth-order valence-electron chi connectivity index (χ4n) is 6.51. The summed E-state index contributed by atoms with van der Waals surface area (Å²) in [6, 6.07) is 14.4. The first-order chi connectivity index (χ1) is 30.2. The molecule has 0 bridgehead atoms. The molecule has 6 aromatic rings. The Morgan fingerprint density at radius 1 is 0.469 bits per heavy atom. The number of carbonyl (C=O) groups is 4. The van der Waals surface area contributed by atoms with E-state index < -0.39 is 128 Å². The zero-order valence-corrected chi connectivity index (χ0v) is 33.3. The van der Waals surface area contributed by atoms with E-state index in [4.69, 9.17) is 29.9 Å². The van der Waals surface area contributed by atoms with E-state index >= 15 is 0 Å². The molecule has 6 rings (SSSR count). The molecule has 1 aromatic heterocycles. The molecule has 0 fully saturated rings. The second kappa shape index (κ2) is 19.2. The highest BCUT2D eigenvalue weighted by atomic mass is 19.2. The van der Waals surface area contributed by atoms with E-state index in [1.165, 1.54) is 24.3 Å². The van der Waals surface area contributed by atoms with Crippen LogP contribution in [0.5, 0.6) is 0 Å². The van der Waals surface area contributed by atoms with Gasteiger partial charge in [0.2, 0.25) is 0 Å². The zero-order valence-electron chi connectivity index (χ0n) is 33.3. The Labute approximate surface area is 355 Å². The maximum atomic E-state index is 14.9. The van der Waals surface area contributed by atoms with Gasteiger partial charge in [0.1, 0.15) is 11.1 Å². The highest BCUT2D eigenvalue weighted by Gasteiger charge is 2.34. The molecule has 0 radical (unpaired) electrons. The number of nitrogens with zero attached hydrogens (tertiary/aromatic N) is 2. The van der Waals surface area contributed by atoms with Gasteiger partial charge in [-0.1, -0.05) is 24.3 Å². The Kier molecular flexibility index (Phi) is 14.3. The van der Waals surface area contributed by atoms with E-state index in [2.05, 4.69) is 9.97 Å². The van der Waals surface area contributed by atoms with Crippen LogP contribution in [0.15, 0.2) is 60.7 Å². The lowest BCUT2D eigenvalue weighted by Gasteiger charge is -2.19. The van der Waals surface area contributed by atoms with Crippen LogP contribution in [0.1, 0.15) is 63.9 Å². The number of methoxy groups -OCH3 is 2. The van der Waals surface area contributed by atoms with Crippen LogP contribution >= 0.6 is 0 Å². The van der Waals surface area contributed by atoms with Gasteiger partial charge in [-0.3, -0.25) is 0 Å². The second-order valence-corrected chi connectivity index (χ2v) is 13.5. The molecule has 0 atom stereocenters. The standard InChI is InChI=1S/C24H14F8O6.C20H16N2O4/c1-37-5-7-3-10(12-17(27)21(31)14(24(35)36)22(32)18(12)28)8(6-38-2)4-9(7)11-15(25)19(29)13(23(33)34)20(30)16(11)26;1-11-17(13-3-7-15(8-4-13)19(23)24)22-12(2)18(21-11)14-5-9-16(10-6-14)20(25)26/h3-4H,5-6H2,1-2H3,(H,33,34)(H,35,36);3-10H,1-2H3,(H,23,24)(H,25,26).